The lowest BCUT2D eigenvalue weighted by molar-refractivity contribution is -0.128. The molecule has 1 aliphatic rings. The van der Waals surface area contributed by atoms with Crippen molar-refractivity contribution in [3.63, 3.8) is 0 Å². The van der Waals surface area contributed by atoms with E-state index in [1.807, 2.05) is 26.8 Å². The van der Waals surface area contributed by atoms with E-state index in [0.29, 0.717) is 12.4 Å². The van der Waals surface area contributed by atoms with Crippen molar-refractivity contribution < 1.29 is 4.79 Å². The van der Waals surface area contributed by atoms with Crippen LogP contribution < -0.4 is 10.2 Å². The summed E-state index contributed by atoms with van der Waals surface area (Å²) in [6.07, 6.45) is 5.52. The molecule has 0 bridgehead atoms. The molecule has 110 valence electrons. The van der Waals surface area contributed by atoms with Crippen LogP contribution in [0.5, 0.6) is 0 Å². The first-order valence-electron chi connectivity index (χ1n) is 7.32. The second-order valence-electron chi connectivity index (χ2n) is 6.31. The third-order valence-corrected chi connectivity index (χ3v) is 3.46. The van der Waals surface area contributed by atoms with E-state index in [9.17, 15) is 4.79 Å². The van der Waals surface area contributed by atoms with Crippen LogP contribution in [-0.4, -0.2) is 29.0 Å². The Morgan fingerprint density at radius 2 is 2.00 bits per heavy atom. The molecule has 0 aliphatic carbocycles. The van der Waals surface area contributed by atoms with Gasteiger partial charge in [0.25, 0.3) is 0 Å². The molecule has 1 saturated heterocycles. The minimum atomic E-state index is -0.384. The number of hydrogen-bond donors (Lipinski definition) is 1. The Labute approximate surface area is 120 Å². The molecule has 5 heteroatoms. The van der Waals surface area contributed by atoms with Crippen molar-refractivity contribution in [1.82, 2.24) is 15.3 Å². The lowest BCUT2D eigenvalue weighted by atomic mass is 9.96. The molecule has 1 aromatic heterocycles. The van der Waals surface area contributed by atoms with Crippen molar-refractivity contribution >= 4 is 11.7 Å². The first-order chi connectivity index (χ1) is 9.47. The summed E-state index contributed by atoms with van der Waals surface area (Å²) < 4.78 is 0. The fourth-order valence-corrected chi connectivity index (χ4v) is 2.20. The van der Waals surface area contributed by atoms with Crippen molar-refractivity contribution in [2.45, 2.75) is 46.6 Å². The van der Waals surface area contributed by atoms with Crippen molar-refractivity contribution in [3.8, 4) is 0 Å². The van der Waals surface area contributed by atoms with Gasteiger partial charge < -0.3 is 10.2 Å². The van der Waals surface area contributed by atoms with Gasteiger partial charge in [-0.2, -0.15) is 0 Å². The number of hydrogen-bond acceptors (Lipinski definition) is 4. The SMILES string of the molecule is CC(C)(C)C(=O)NCc1nccc(N2CCCCC2)n1. The summed E-state index contributed by atoms with van der Waals surface area (Å²) in [6, 6.07) is 1.94. The van der Waals surface area contributed by atoms with E-state index in [0.717, 1.165) is 18.9 Å². The van der Waals surface area contributed by atoms with Crippen LogP contribution in [0.4, 0.5) is 5.82 Å². The summed E-state index contributed by atoms with van der Waals surface area (Å²) in [7, 11) is 0. The number of rotatable bonds is 3. The van der Waals surface area contributed by atoms with Crippen LogP contribution in [0.15, 0.2) is 12.3 Å². The number of nitrogens with one attached hydrogen (secondary N) is 1. The van der Waals surface area contributed by atoms with Crippen molar-refractivity contribution in [1.29, 1.82) is 0 Å². The molecule has 0 unspecified atom stereocenters. The van der Waals surface area contributed by atoms with Gasteiger partial charge in [-0.1, -0.05) is 20.8 Å². The topological polar surface area (TPSA) is 58.1 Å². The largest absolute Gasteiger partial charge is 0.357 e. The molecule has 0 spiro atoms. The molecule has 1 fully saturated rings. The number of amides is 1. The molecule has 2 heterocycles. The monoisotopic (exact) mass is 276 g/mol. The van der Waals surface area contributed by atoms with Gasteiger partial charge in [0.15, 0.2) is 0 Å². The Morgan fingerprint density at radius 1 is 1.30 bits per heavy atom. The highest BCUT2D eigenvalue weighted by molar-refractivity contribution is 5.81. The number of piperidine rings is 1. The highest BCUT2D eigenvalue weighted by Crippen LogP contribution is 2.17. The zero-order valence-corrected chi connectivity index (χ0v) is 12.6. The minimum Gasteiger partial charge on any atom is -0.357 e. The maximum atomic E-state index is 11.8. The standard InChI is InChI=1S/C15H24N4O/c1-15(2,3)14(20)17-11-12-16-8-7-13(18-12)19-9-5-4-6-10-19/h7-8H,4-6,9-11H2,1-3H3,(H,17,20). The third-order valence-electron chi connectivity index (χ3n) is 3.46. The van der Waals surface area contributed by atoms with Gasteiger partial charge in [-0.05, 0) is 25.3 Å². The Balaban J connectivity index is 1.97. The fraction of sp³-hybridized carbons (Fsp3) is 0.667. The van der Waals surface area contributed by atoms with E-state index in [4.69, 9.17) is 0 Å². The smallest absolute Gasteiger partial charge is 0.225 e. The van der Waals surface area contributed by atoms with Gasteiger partial charge in [-0.3, -0.25) is 4.79 Å². The van der Waals surface area contributed by atoms with Crippen LogP contribution in [-0.2, 0) is 11.3 Å². The van der Waals surface area contributed by atoms with Crippen LogP contribution >= 0.6 is 0 Å². The molecule has 0 aromatic carbocycles. The first-order valence-corrected chi connectivity index (χ1v) is 7.32. The maximum Gasteiger partial charge on any atom is 0.225 e. The van der Waals surface area contributed by atoms with Crippen molar-refractivity contribution in [3.05, 3.63) is 18.1 Å². The van der Waals surface area contributed by atoms with Crippen LogP contribution in [0.25, 0.3) is 0 Å². The minimum absolute atomic E-state index is 0.0180. The molecule has 1 N–H and O–H groups in total. The average Bonchev–Trinajstić information content (AvgIpc) is 2.45. The molecule has 5 nitrogen and oxygen atoms in total. The average molecular weight is 276 g/mol. The van der Waals surface area contributed by atoms with Gasteiger partial charge in [-0.25, -0.2) is 9.97 Å². The van der Waals surface area contributed by atoms with E-state index in [1.165, 1.54) is 19.3 Å². The number of nitrogens with zero attached hydrogens (tertiary/aromatic N) is 3. The Morgan fingerprint density at radius 3 is 2.65 bits per heavy atom. The summed E-state index contributed by atoms with van der Waals surface area (Å²) >= 11 is 0. The predicted octanol–water partition coefficient (Wildman–Crippen LogP) is 2.13. The zero-order valence-electron chi connectivity index (χ0n) is 12.6. The Hall–Kier alpha value is -1.65. The highest BCUT2D eigenvalue weighted by Gasteiger charge is 2.21. The van der Waals surface area contributed by atoms with Gasteiger partial charge in [0.2, 0.25) is 5.91 Å². The first kappa shape index (κ1) is 14.8. The molecule has 2 rings (SSSR count). The molecular formula is C15H24N4O. The van der Waals surface area contributed by atoms with Gasteiger partial charge in [0.05, 0.1) is 6.54 Å². The van der Waals surface area contributed by atoms with E-state index in [-0.39, 0.29) is 11.3 Å². The van der Waals surface area contributed by atoms with Crippen molar-refractivity contribution in [2.75, 3.05) is 18.0 Å². The normalized spacial score (nSPS) is 16.1. The summed E-state index contributed by atoms with van der Waals surface area (Å²) in [5.74, 6) is 1.66. The van der Waals surface area contributed by atoms with Crippen molar-refractivity contribution in [2.24, 2.45) is 5.41 Å². The van der Waals surface area contributed by atoms with E-state index in [2.05, 4.69) is 20.2 Å². The number of carbonyl (C=O) groups excluding carboxylic acids is 1. The molecule has 0 radical (unpaired) electrons. The summed E-state index contributed by atoms with van der Waals surface area (Å²) in [5, 5.41) is 2.89. The summed E-state index contributed by atoms with van der Waals surface area (Å²) in [6.45, 7) is 8.20. The Kier molecular flexibility index (Phi) is 4.57. The van der Waals surface area contributed by atoms with Crippen LogP contribution in [0.1, 0.15) is 45.9 Å². The Bertz CT molecular complexity index is 461. The number of anilines is 1. The lowest BCUT2D eigenvalue weighted by Gasteiger charge is -2.27. The molecule has 1 aliphatic heterocycles. The summed E-state index contributed by atoms with van der Waals surface area (Å²) in [4.78, 5) is 22.9. The maximum absolute atomic E-state index is 11.8. The second-order valence-corrected chi connectivity index (χ2v) is 6.31. The molecule has 0 saturated carbocycles. The zero-order chi connectivity index (χ0) is 14.6. The van der Waals surface area contributed by atoms with E-state index < -0.39 is 0 Å². The number of aromatic nitrogens is 2. The molecule has 1 amide bonds. The second kappa shape index (κ2) is 6.20. The number of carbonyl (C=O) groups is 1. The van der Waals surface area contributed by atoms with Crippen LogP contribution in [0.2, 0.25) is 0 Å². The quantitative estimate of drug-likeness (QED) is 0.919. The van der Waals surface area contributed by atoms with E-state index >= 15 is 0 Å². The molecule has 20 heavy (non-hydrogen) atoms. The van der Waals surface area contributed by atoms with Gasteiger partial charge >= 0.3 is 0 Å². The van der Waals surface area contributed by atoms with Crippen LogP contribution in [0.3, 0.4) is 0 Å². The highest BCUT2D eigenvalue weighted by atomic mass is 16.2. The van der Waals surface area contributed by atoms with Crippen LogP contribution in [0, 0.1) is 5.41 Å². The molecular weight excluding hydrogens is 252 g/mol. The van der Waals surface area contributed by atoms with Gasteiger partial charge in [0.1, 0.15) is 11.6 Å². The molecule has 0 atom stereocenters. The third kappa shape index (κ3) is 3.92. The van der Waals surface area contributed by atoms with E-state index in [1.54, 1.807) is 6.20 Å². The molecule has 1 aromatic rings. The van der Waals surface area contributed by atoms with Gasteiger partial charge in [-0.15, -0.1) is 0 Å². The summed E-state index contributed by atoms with van der Waals surface area (Å²) in [5.41, 5.74) is -0.384. The van der Waals surface area contributed by atoms with Gasteiger partial charge in [0, 0.05) is 24.7 Å². The predicted molar refractivity (Wildman–Crippen MR) is 79.4 cm³/mol. The lowest BCUT2D eigenvalue weighted by Crippen LogP contribution is -2.35. The fourth-order valence-electron chi connectivity index (χ4n) is 2.20.